The van der Waals surface area contributed by atoms with E-state index in [2.05, 4.69) is 21.9 Å². The number of nitrogens with zero attached hydrogens (tertiary/aromatic N) is 4. The van der Waals surface area contributed by atoms with Crippen LogP contribution in [-0.4, -0.2) is 64.5 Å². The van der Waals surface area contributed by atoms with E-state index in [0.29, 0.717) is 18.1 Å². The highest BCUT2D eigenvalue weighted by molar-refractivity contribution is 5.94. The van der Waals surface area contributed by atoms with Crippen LogP contribution in [0.4, 0.5) is 0 Å². The number of aromatic nitrogens is 2. The van der Waals surface area contributed by atoms with E-state index in [0.717, 1.165) is 44.8 Å². The number of piperidine rings is 1. The van der Waals surface area contributed by atoms with E-state index < -0.39 is 0 Å². The first-order valence-electron chi connectivity index (χ1n) is 9.54. The maximum absolute atomic E-state index is 12.6. The van der Waals surface area contributed by atoms with Gasteiger partial charge < -0.3 is 9.64 Å². The van der Waals surface area contributed by atoms with Crippen molar-refractivity contribution in [3.8, 4) is 0 Å². The van der Waals surface area contributed by atoms with Gasteiger partial charge in [0.05, 0.1) is 30.0 Å². The van der Waals surface area contributed by atoms with Crippen LogP contribution in [0.3, 0.4) is 0 Å². The Morgan fingerprint density at radius 3 is 2.89 bits per heavy atom. The van der Waals surface area contributed by atoms with Crippen LogP contribution in [0, 0.1) is 5.92 Å². The largest absolute Gasteiger partial charge is 0.375 e. The summed E-state index contributed by atoms with van der Waals surface area (Å²) in [7, 11) is 2.18. The predicted molar refractivity (Wildman–Crippen MR) is 102 cm³/mol. The van der Waals surface area contributed by atoms with Gasteiger partial charge in [0.2, 0.25) is 0 Å². The zero-order chi connectivity index (χ0) is 18.7. The molecule has 0 radical (unpaired) electrons. The van der Waals surface area contributed by atoms with Gasteiger partial charge in [0, 0.05) is 31.7 Å². The lowest BCUT2D eigenvalue weighted by molar-refractivity contribution is -0.0769. The van der Waals surface area contributed by atoms with Crippen molar-refractivity contribution < 1.29 is 9.53 Å². The maximum atomic E-state index is 12.6. The molecule has 6 heteroatoms. The Morgan fingerprint density at radius 2 is 2.15 bits per heavy atom. The fourth-order valence-corrected chi connectivity index (χ4v) is 4.21. The van der Waals surface area contributed by atoms with Crippen molar-refractivity contribution in [3.63, 3.8) is 0 Å². The molecular formula is C21H26N4O2. The molecule has 0 N–H and O–H groups in total. The minimum absolute atomic E-state index is 0.0793. The molecule has 2 saturated heterocycles. The van der Waals surface area contributed by atoms with Gasteiger partial charge in [0.15, 0.2) is 0 Å². The number of ether oxygens (including phenoxy) is 1. The smallest absolute Gasteiger partial charge is 0.255 e. The fourth-order valence-electron chi connectivity index (χ4n) is 4.21. The van der Waals surface area contributed by atoms with E-state index in [1.165, 1.54) is 0 Å². The summed E-state index contributed by atoms with van der Waals surface area (Å²) < 4.78 is 5.93. The number of carbonyl (C=O) groups excluding carboxylic acids is 1. The number of amides is 1. The lowest BCUT2D eigenvalue weighted by Gasteiger charge is -2.58. The van der Waals surface area contributed by atoms with Crippen LogP contribution in [0.15, 0.2) is 48.9 Å². The minimum atomic E-state index is 0.0793. The first-order valence-corrected chi connectivity index (χ1v) is 9.54. The first kappa shape index (κ1) is 18.1. The van der Waals surface area contributed by atoms with E-state index in [1.807, 2.05) is 35.2 Å². The Balaban J connectivity index is 1.30. The molecule has 0 aliphatic carbocycles. The molecule has 4 heterocycles. The lowest BCUT2D eigenvalue weighted by Crippen LogP contribution is -2.72. The Labute approximate surface area is 160 Å². The Bertz CT molecular complexity index is 762. The van der Waals surface area contributed by atoms with Crippen LogP contribution in [0.1, 0.15) is 28.9 Å². The number of likely N-dealkylation sites (tertiary alicyclic amines) is 2. The SMILES string of the molecule is CN1CC[C@H](COCc2ccccn2)CC12CN(C(=O)c1cccnc1)C2. The molecule has 1 amide bonds. The predicted octanol–water partition coefficient (Wildman–Crippen LogP) is 2.23. The van der Waals surface area contributed by atoms with Gasteiger partial charge in [-0.15, -0.1) is 0 Å². The zero-order valence-corrected chi connectivity index (χ0v) is 15.8. The van der Waals surface area contributed by atoms with Crippen molar-refractivity contribution >= 4 is 5.91 Å². The fraction of sp³-hybridized carbons (Fsp3) is 0.476. The number of hydrogen-bond donors (Lipinski definition) is 0. The van der Waals surface area contributed by atoms with Crippen LogP contribution in [0.5, 0.6) is 0 Å². The van der Waals surface area contributed by atoms with Gasteiger partial charge in [0.25, 0.3) is 5.91 Å². The maximum Gasteiger partial charge on any atom is 0.255 e. The van der Waals surface area contributed by atoms with Crippen molar-refractivity contribution in [1.82, 2.24) is 19.8 Å². The summed E-state index contributed by atoms with van der Waals surface area (Å²) in [5.41, 5.74) is 1.73. The van der Waals surface area contributed by atoms with Crippen LogP contribution >= 0.6 is 0 Å². The summed E-state index contributed by atoms with van der Waals surface area (Å²) in [4.78, 5) is 25.3. The third-order valence-electron chi connectivity index (χ3n) is 5.85. The summed E-state index contributed by atoms with van der Waals surface area (Å²) >= 11 is 0. The molecule has 6 nitrogen and oxygen atoms in total. The van der Waals surface area contributed by atoms with Crippen molar-refractivity contribution in [3.05, 3.63) is 60.2 Å². The molecular weight excluding hydrogens is 340 g/mol. The standard InChI is InChI=1S/C21H26N4O2/c1-24-10-7-17(13-27-14-19-6-2-3-9-23-19)11-21(24)15-25(16-21)20(26)18-5-4-8-22-12-18/h2-6,8-9,12,17H,7,10-11,13-16H2,1H3/t17-/m0/s1. The monoisotopic (exact) mass is 366 g/mol. The van der Waals surface area contributed by atoms with Gasteiger partial charge in [-0.2, -0.15) is 0 Å². The van der Waals surface area contributed by atoms with E-state index >= 15 is 0 Å². The molecule has 0 unspecified atom stereocenters. The third-order valence-corrected chi connectivity index (χ3v) is 5.85. The number of pyridine rings is 2. The highest BCUT2D eigenvalue weighted by Gasteiger charge is 2.50. The van der Waals surface area contributed by atoms with Crippen molar-refractivity contribution in [2.75, 3.05) is 33.3 Å². The Morgan fingerprint density at radius 1 is 1.26 bits per heavy atom. The number of likely N-dealkylation sites (N-methyl/N-ethyl adjacent to an activating group) is 1. The van der Waals surface area contributed by atoms with Gasteiger partial charge in [-0.25, -0.2) is 0 Å². The molecule has 2 fully saturated rings. The van der Waals surface area contributed by atoms with Gasteiger partial charge in [-0.1, -0.05) is 6.07 Å². The van der Waals surface area contributed by atoms with Gasteiger partial charge in [0.1, 0.15) is 0 Å². The number of hydrogen-bond acceptors (Lipinski definition) is 5. The normalized spacial score (nSPS) is 21.8. The summed E-state index contributed by atoms with van der Waals surface area (Å²) in [5.74, 6) is 0.608. The lowest BCUT2D eigenvalue weighted by atomic mass is 9.75. The molecule has 2 aromatic rings. The molecule has 2 aliphatic heterocycles. The molecule has 0 aromatic carbocycles. The molecule has 1 atom stereocenters. The van der Waals surface area contributed by atoms with E-state index in [4.69, 9.17) is 4.74 Å². The second-order valence-electron chi connectivity index (χ2n) is 7.74. The van der Waals surface area contributed by atoms with Gasteiger partial charge in [-0.3, -0.25) is 19.7 Å². The van der Waals surface area contributed by atoms with Crippen molar-refractivity contribution in [1.29, 1.82) is 0 Å². The Hall–Kier alpha value is -2.31. The molecule has 2 aliphatic rings. The van der Waals surface area contributed by atoms with Crippen LogP contribution in [0.25, 0.3) is 0 Å². The van der Waals surface area contributed by atoms with E-state index in [1.54, 1.807) is 18.6 Å². The summed E-state index contributed by atoms with van der Waals surface area (Å²) in [6, 6.07) is 9.53. The average molecular weight is 366 g/mol. The van der Waals surface area contributed by atoms with Crippen molar-refractivity contribution in [2.24, 2.45) is 5.92 Å². The topological polar surface area (TPSA) is 58.6 Å². The molecule has 1 spiro atoms. The van der Waals surface area contributed by atoms with E-state index in [-0.39, 0.29) is 11.4 Å². The Kier molecular flexibility index (Phi) is 5.18. The highest BCUT2D eigenvalue weighted by Crippen LogP contribution is 2.38. The molecule has 142 valence electrons. The third kappa shape index (κ3) is 3.87. The second-order valence-corrected chi connectivity index (χ2v) is 7.74. The van der Waals surface area contributed by atoms with Gasteiger partial charge >= 0.3 is 0 Å². The molecule has 27 heavy (non-hydrogen) atoms. The van der Waals surface area contributed by atoms with Crippen LogP contribution in [0.2, 0.25) is 0 Å². The summed E-state index contributed by atoms with van der Waals surface area (Å²) in [6.45, 7) is 3.93. The quantitative estimate of drug-likeness (QED) is 0.812. The molecule has 4 rings (SSSR count). The van der Waals surface area contributed by atoms with E-state index in [9.17, 15) is 4.79 Å². The second kappa shape index (κ2) is 7.74. The minimum Gasteiger partial charge on any atom is -0.375 e. The summed E-state index contributed by atoms with van der Waals surface area (Å²) in [5, 5.41) is 0. The van der Waals surface area contributed by atoms with Crippen LogP contribution < -0.4 is 0 Å². The first-order chi connectivity index (χ1) is 13.2. The van der Waals surface area contributed by atoms with Gasteiger partial charge in [-0.05, 0) is 56.6 Å². The molecule has 2 aromatic heterocycles. The van der Waals surface area contributed by atoms with Crippen molar-refractivity contribution in [2.45, 2.75) is 25.0 Å². The number of rotatable bonds is 5. The zero-order valence-electron chi connectivity index (χ0n) is 15.8. The molecule has 0 saturated carbocycles. The highest BCUT2D eigenvalue weighted by atomic mass is 16.5. The summed E-state index contributed by atoms with van der Waals surface area (Å²) in [6.07, 6.45) is 7.34. The average Bonchev–Trinajstić information content (AvgIpc) is 2.68. The van der Waals surface area contributed by atoms with Crippen LogP contribution in [-0.2, 0) is 11.3 Å². The molecule has 0 bridgehead atoms. The number of carbonyl (C=O) groups is 1.